The van der Waals surface area contributed by atoms with E-state index in [-0.39, 0.29) is 11.9 Å². The molecule has 1 aromatic rings. The Hall–Kier alpha value is -1.26. The average molecular weight is 211 g/mol. The summed E-state index contributed by atoms with van der Waals surface area (Å²) in [5.41, 5.74) is 0.788. The molecule has 1 aromatic carbocycles. The van der Waals surface area contributed by atoms with Crippen LogP contribution in [0.5, 0.6) is 11.5 Å². The normalized spacial score (nSPS) is 12.5. The van der Waals surface area contributed by atoms with Crippen LogP contribution in [0.25, 0.3) is 0 Å². The minimum atomic E-state index is -0.384. The molecule has 1 rings (SSSR count). The van der Waals surface area contributed by atoms with Crippen molar-refractivity contribution < 1.29 is 14.9 Å². The third-order valence-corrected chi connectivity index (χ3v) is 2.05. The first kappa shape index (κ1) is 11.8. The standard InChI is InChI=1S/C11H17NO3/c1-8(13)6-12-7-9-3-4-10(15-2)5-11(9)14/h3-5,8,12-14H,6-7H2,1-2H3/t8-/m0/s1. The highest BCUT2D eigenvalue weighted by Gasteiger charge is 2.03. The summed E-state index contributed by atoms with van der Waals surface area (Å²) in [4.78, 5) is 0. The van der Waals surface area contributed by atoms with Crippen LogP contribution in [-0.2, 0) is 6.54 Å². The van der Waals surface area contributed by atoms with Crippen molar-refractivity contribution in [3.05, 3.63) is 23.8 Å². The zero-order chi connectivity index (χ0) is 11.3. The van der Waals surface area contributed by atoms with Crippen molar-refractivity contribution >= 4 is 0 Å². The van der Waals surface area contributed by atoms with Gasteiger partial charge in [-0.25, -0.2) is 0 Å². The second-order valence-electron chi connectivity index (χ2n) is 3.47. The highest BCUT2D eigenvalue weighted by atomic mass is 16.5. The van der Waals surface area contributed by atoms with Crippen molar-refractivity contribution in [2.24, 2.45) is 0 Å². The maximum Gasteiger partial charge on any atom is 0.123 e. The van der Waals surface area contributed by atoms with Gasteiger partial charge in [-0.2, -0.15) is 0 Å². The molecule has 0 saturated carbocycles. The van der Waals surface area contributed by atoms with Crippen molar-refractivity contribution in [1.29, 1.82) is 0 Å². The molecule has 0 aliphatic carbocycles. The molecule has 4 nitrogen and oxygen atoms in total. The van der Waals surface area contributed by atoms with Crippen LogP contribution in [0.4, 0.5) is 0 Å². The third kappa shape index (κ3) is 3.77. The van der Waals surface area contributed by atoms with E-state index in [1.807, 2.05) is 0 Å². The predicted molar refractivity (Wildman–Crippen MR) is 58.0 cm³/mol. The van der Waals surface area contributed by atoms with E-state index in [0.29, 0.717) is 18.8 Å². The summed E-state index contributed by atoms with van der Waals surface area (Å²) in [5, 5.41) is 21.7. The summed E-state index contributed by atoms with van der Waals surface area (Å²) in [6.07, 6.45) is -0.384. The van der Waals surface area contributed by atoms with Crippen LogP contribution in [0.3, 0.4) is 0 Å². The first-order chi connectivity index (χ1) is 7.13. The van der Waals surface area contributed by atoms with Crippen molar-refractivity contribution in [2.75, 3.05) is 13.7 Å². The molecular formula is C11H17NO3. The molecular weight excluding hydrogens is 194 g/mol. The van der Waals surface area contributed by atoms with Crippen LogP contribution in [0.1, 0.15) is 12.5 Å². The quantitative estimate of drug-likeness (QED) is 0.676. The lowest BCUT2D eigenvalue weighted by atomic mass is 10.2. The zero-order valence-corrected chi connectivity index (χ0v) is 9.03. The molecule has 0 aromatic heterocycles. The molecule has 0 fully saturated rings. The smallest absolute Gasteiger partial charge is 0.123 e. The lowest BCUT2D eigenvalue weighted by Crippen LogP contribution is -2.23. The number of methoxy groups -OCH3 is 1. The number of rotatable bonds is 5. The van der Waals surface area contributed by atoms with Gasteiger partial charge in [0, 0.05) is 24.7 Å². The van der Waals surface area contributed by atoms with Gasteiger partial charge in [-0.15, -0.1) is 0 Å². The molecule has 0 aliphatic heterocycles. The van der Waals surface area contributed by atoms with E-state index in [0.717, 1.165) is 5.56 Å². The van der Waals surface area contributed by atoms with Gasteiger partial charge in [0.25, 0.3) is 0 Å². The second kappa shape index (κ2) is 5.58. The molecule has 84 valence electrons. The number of nitrogens with one attached hydrogen (secondary N) is 1. The number of aliphatic hydroxyl groups is 1. The Labute approximate surface area is 89.5 Å². The van der Waals surface area contributed by atoms with E-state index in [4.69, 9.17) is 9.84 Å². The lowest BCUT2D eigenvalue weighted by molar-refractivity contribution is 0.191. The van der Waals surface area contributed by atoms with Gasteiger partial charge < -0.3 is 20.3 Å². The van der Waals surface area contributed by atoms with Crippen molar-refractivity contribution in [2.45, 2.75) is 19.6 Å². The molecule has 0 spiro atoms. The Morgan fingerprint density at radius 3 is 2.73 bits per heavy atom. The first-order valence-electron chi connectivity index (χ1n) is 4.88. The number of aromatic hydroxyl groups is 1. The largest absolute Gasteiger partial charge is 0.507 e. The summed E-state index contributed by atoms with van der Waals surface area (Å²) < 4.78 is 4.97. The molecule has 0 aliphatic rings. The summed E-state index contributed by atoms with van der Waals surface area (Å²) in [5.74, 6) is 0.833. The molecule has 3 N–H and O–H groups in total. The Kier molecular flexibility index (Phi) is 4.39. The maximum absolute atomic E-state index is 9.61. The fourth-order valence-electron chi connectivity index (χ4n) is 1.24. The van der Waals surface area contributed by atoms with E-state index >= 15 is 0 Å². The van der Waals surface area contributed by atoms with E-state index in [9.17, 15) is 5.11 Å². The Bertz CT molecular complexity index is 313. The number of phenolic OH excluding ortho intramolecular Hbond substituents is 1. The van der Waals surface area contributed by atoms with Crippen LogP contribution in [0.2, 0.25) is 0 Å². The van der Waals surface area contributed by atoms with Gasteiger partial charge in [-0.05, 0) is 13.0 Å². The number of hydrogen-bond acceptors (Lipinski definition) is 4. The second-order valence-corrected chi connectivity index (χ2v) is 3.47. The number of benzene rings is 1. The molecule has 15 heavy (non-hydrogen) atoms. The zero-order valence-electron chi connectivity index (χ0n) is 9.03. The van der Waals surface area contributed by atoms with Gasteiger partial charge >= 0.3 is 0 Å². The van der Waals surface area contributed by atoms with E-state index in [1.54, 1.807) is 32.2 Å². The topological polar surface area (TPSA) is 61.7 Å². The molecule has 4 heteroatoms. The van der Waals surface area contributed by atoms with Gasteiger partial charge in [-0.1, -0.05) is 6.07 Å². The van der Waals surface area contributed by atoms with Crippen LogP contribution in [0, 0.1) is 0 Å². The predicted octanol–water partition coefficient (Wildman–Crippen LogP) is 0.871. The van der Waals surface area contributed by atoms with Crippen LogP contribution < -0.4 is 10.1 Å². The van der Waals surface area contributed by atoms with Gasteiger partial charge in [0.15, 0.2) is 0 Å². The fraction of sp³-hybridized carbons (Fsp3) is 0.455. The summed E-state index contributed by atoms with van der Waals surface area (Å²) >= 11 is 0. The van der Waals surface area contributed by atoms with Gasteiger partial charge in [0.2, 0.25) is 0 Å². The molecule has 1 atom stereocenters. The van der Waals surface area contributed by atoms with E-state index in [1.165, 1.54) is 0 Å². The molecule has 0 radical (unpaired) electrons. The Morgan fingerprint density at radius 2 is 2.20 bits per heavy atom. The molecule has 0 heterocycles. The number of hydrogen-bond donors (Lipinski definition) is 3. The summed E-state index contributed by atoms with van der Waals surface area (Å²) in [6, 6.07) is 5.15. The van der Waals surface area contributed by atoms with Gasteiger partial charge in [0.05, 0.1) is 13.2 Å². The lowest BCUT2D eigenvalue weighted by Gasteiger charge is -2.09. The minimum Gasteiger partial charge on any atom is -0.507 e. The monoisotopic (exact) mass is 211 g/mol. The Balaban J connectivity index is 2.54. The molecule has 0 amide bonds. The summed E-state index contributed by atoms with van der Waals surface area (Å²) in [7, 11) is 1.56. The SMILES string of the molecule is COc1ccc(CNC[C@H](C)O)c(O)c1. The number of ether oxygens (including phenoxy) is 1. The van der Waals surface area contributed by atoms with Crippen molar-refractivity contribution in [3.63, 3.8) is 0 Å². The third-order valence-electron chi connectivity index (χ3n) is 2.05. The van der Waals surface area contributed by atoms with Crippen LogP contribution in [0.15, 0.2) is 18.2 Å². The maximum atomic E-state index is 9.61. The highest BCUT2D eigenvalue weighted by Crippen LogP contribution is 2.22. The average Bonchev–Trinajstić information content (AvgIpc) is 2.20. The first-order valence-corrected chi connectivity index (χ1v) is 4.88. The molecule has 0 bridgehead atoms. The van der Waals surface area contributed by atoms with Crippen molar-refractivity contribution in [3.8, 4) is 11.5 Å². The molecule has 0 saturated heterocycles. The van der Waals surface area contributed by atoms with E-state index in [2.05, 4.69) is 5.32 Å². The molecule has 0 unspecified atom stereocenters. The Morgan fingerprint density at radius 1 is 1.47 bits per heavy atom. The van der Waals surface area contributed by atoms with Gasteiger partial charge in [0.1, 0.15) is 11.5 Å². The van der Waals surface area contributed by atoms with E-state index < -0.39 is 0 Å². The fourth-order valence-corrected chi connectivity index (χ4v) is 1.24. The number of phenols is 1. The van der Waals surface area contributed by atoms with Crippen LogP contribution in [-0.4, -0.2) is 30.0 Å². The highest BCUT2D eigenvalue weighted by molar-refractivity contribution is 5.39. The summed E-state index contributed by atoms with van der Waals surface area (Å²) in [6.45, 7) is 2.74. The van der Waals surface area contributed by atoms with Crippen molar-refractivity contribution in [1.82, 2.24) is 5.32 Å². The minimum absolute atomic E-state index is 0.201. The van der Waals surface area contributed by atoms with Crippen LogP contribution >= 0.6 is 0 Å². The van der Waals surface area contributed by atoms with Gasteiger partial charge in [-0.3, -0.25) is 0 Å². The number of aliphatic hydroxyl groups excluding tert-OH is 1.